The molecule has 0 spiro atoms. The molecule has 5 aromatic rings. The minimum atomic E-state index is -0.620. The summed E-state index contributed by atoms with van der Waals surface area (Å²) >= 11 is 0. The zero-order valence-corrected chi connectivity index (χ0v) is 41.4. The highest BCUT2D eigenvalue weighted by Crippen LogP contribution is 2.57. The van der Waals surface area contributed by atoms with E-state index in [-0.39, 0.29) is 96.7 Å². The summed E-state index contributed by atoms with van der Waals surface area (Å²) in [6.07, 6.45) is 3.79. The Hall–Kier alpha value is -7.97. The third kappa shape index (κ3) is 11.1. The number of phenolic OH excluding ortho intramolecular Hbond substituents is 2. The van der Waals surface area contributed by atoms with Crippen molar-refractivity contribution in [1.29, 1.82) is 0 Å². The third-order valence-corrected chi connectivity index (χ3v) is 12.6. The Balaban J connectivity index is 1.35. The average molecular weight is 997 g/mol. The van der Waals surface area contributed by atoms with Crippen LogP contribution in [0.25, 0.3) is 48.7 Å². The SMILES string of the molecule is COC(=O)CNC(=O)CNC(=O)CCCCCN=C(C)C1=C(C)Cc2c(NCCCCCC(=O)NCC(=O)NCC(=O)OC)c(O)c3c(=O)cc(OC)c4c5c(OC)cc(=O)c6c(O)c(OC)c1c(c2c34)c65. The number of amides is 4. The van der Waals surface area contributed by atoms with Gasteiger partial charge in [0.05, 0.1) is 65.1 Å². The van der Waals surface area contributed by atoms with Crippen LogP contribution in [0.3, 0.4) is 0 Å². The standard InChI is InChI=1S/C51H60N6O15/c1-25-18-27-39-44-40(49(66)48(27)53-17-13-9-11-15-33(61)55-22-35(63)57-24-37(65)71-6)28(58)19-30(68-3)42(44)43-31(69-4)20-29(59)41-46(43)45(39)47(51(72-7)50(41)67)38(25)26(2)52-16-12-8-10-14-32(60)54-21-34(62)56-23-36(64)70-5/h19-20,53,66-67H,8-18,21-24H2,1-7H3,(H,54,60)(H,55,61)(H,56,62)(H,57,63). The summed E-state index contributed by atoms with van der Waals surface area (Å²) in [7, 11) is 6.60. The van der Waals surface area contributed by atoms with E-state index in [0.717, 1.165) is 5.57 Å². The van der Waals surface area contributed by atoms with E-state index >= 15 is 0 Å². The Labute approximate surface area is 413 Å². The molecule has 72 heavy (non-hydrogen) atoms. The monoisotopic (exact) mass is 996 g/mol. The van der Waals surface area contributed by atoms with Crippen molar-refractivity contribution >= 4 is 95.6 Å². The van der Waals surface area contributed by atoms with Gasteiger partial charge in [-0.15, -0.1) is 0 Å². The predicted octanol–water partition coefficient (Wildman–Crippen LogP) is 3.47. The van der Waals surface area contributed by atoms with E-state index in [1.165, 1.54) is 47.7 Å². The number of methoxy groups -OCH3 is 5. The van der Waals surface area contributed by atoms with Gasteiger partial charge in [-0.05, 0) is 56.9 Å². The molecule has 0 bridgehead atoms. The number of rotatable bonds is 25. The maximum Gasteiger partial charge on any atom is 0.325 e. The van der Waals surface area contributed by atoms with Crippen LogP contribution < -0.4 is 51.7 Å². The Kier molecular flexibility index (Phi) is 17.6. The number of carbonyl (C=O) groups excluding carboxylic acids is 6. The number of hydrogen-bond donors (Lipinski definition) is 7. The molecule has 0 aromatic heterocycles. The molecule has 1 aliphatic carbocycles. The van der Waals surface area contributed by atoms with Gasteiger partial charge in [-0.3, -0.25) is 43.3 Å². The first-order valence-corrected chi connectivity index (χ1v) is 23.4. The van der Waals surface area contributed by atoms with Crippen LogP contribution in [0.5, 0.6) is 28.7 Å². The lowest BCUT2D eigenvalue weighted by Gasteiger charge is -2.25. The minimum Gasteiger partial charge on any atom is -0.505 e. The van der Waals surface area contributed by atoms with Crippen LogP contribution in [-0.4, -0.2) is 126 Å². The fourth-order valence-electron chi connectivity index (χ4n) is 9.31. The summed E-state index contributed by atoms with van der Waals surface area (Å²) in [5.41, 5.74) is 2.13. The van der Waals surface area contributed by atoms with Crippen molar-refractivity contribution in [3.8, 4) is 28.7 Å². The molecular formula is C51H60N6O15. The number of ether oxygens (including phenoxy) is 5. The number of anilines is 1. The van der Waals surface area contributed by atoms with Crippen LogP contribution in [0.15, 0.2) is 32.3 Å². The quantitative estimate of drug-likeness (QED) is 0.0110. The van der Waals surface area contributed by atoms with E-state index in [0.29, 0.717) is 106 Å². The summed E-state index contributed by atoms with van der Waals surface area (Å²) in [4.78, 5) is 105. The number of unbranched alkanes of at least 4 members (excludes halogenated alkanes) is 4. The van der Waals surface area contributed by atoms with Crippen LogP contribution in [0.4, 0.5) is 5.69 Å². The number of allylic oxidation sites excluding steroid dienone is 2. The minimum absolute atomic E-state index is 0.00254. The third-order valence-electron chi connectivity index (χ3n) is 12.6. The van der Waals surface area contributed by atoms with Crippen LogP contribution in [0, 0.1) is 0 Å². The van der Waals surface area contributed by atoms with E-state index in [1.54, 1.807) is 0 Å². The maximum absolute atomic E-state index is 14.3. The number of hydrogen-bond acceptors (Lipinski definition) is 17. The Bertz CT molecular complexity index is 3130. The first kappa shape index (κ1) is 53.4. The Morgan fingerprint density at radius 2 is 1.08 bits per heavy atom. The highest BCUT2D eigenvalue weighted by molar-refractivity contribution is 6.42. The molecule has 0 fully saturated rings. The van der Waals surface area contributed by atoms with Gasteiger partial charge in [-0.25, -0.2) is 0 Å². The number of nitrogens with one attached hydrogen (secondary N) is 5. The fourth-order valence-corrected chi connectivity index (χ4v) is 9.31. The van der Waals surface area contributed by atoms with Crippen molar-refractivity contribution in [2.45, 2.75) is 71.6 Å². The van der Waals surface area contributed by atoms with Crippen LogP contribution in [-0.2, 0) is 44.7 Å². The number of carbonyl (C=O) groups is 6. The number of phenols is 2. The largest absolute Gasteiger partial charge is 0.505 e. The van der Waals surface area contributed by atoms with Gasteiger partial charge < -0.3 is 60.5 Å². The fraction of sp³-hybridized carbons (Fsp3) is 0.431. The molecule has 0 saturated heterocycles. The molecule has 0 radical (unpaired) electrons. The van der Waals surface area contributed by atoms with Crippen molar-refractivity contribution in [3.63, 3.8) is 0 Å². The second kappa shape index (κ2) is 23.8. The Morgan fingerprint density at radius 1 is 0.583 bits per heavy atom. The second-order valence-electron chi connectivity index (χ2n) is 17.2. The number of esters is 2. The summed E-state index contributed by atoms with van der Waals surface area (Å²) in [6.45, 7) is 3.17. The molecule has 21 nitrogen and oxygen atoms in total. The first-order chi connectivity index (χ1) is 34.5. The highest BCUT2D eigenvalue weighted by atomic mass is 16.5. The molecule has 1 aliphatic rings. The maximum atomic E-state index is 14.3. The van der Waals surface area contributed by atoms with Crippen molar-refractivity contribution in [3.05, 3.63) is 49.3 Å². The molecular weight excluding hydrogens is 937 g/mol. The van der Waals surface area contributed by atoms with Crippen molar-refractivity contribution < 1.29 is 62.7 Å². The van der Waals surface area contributed by atoms with E-state index < -0.39 is 40.4 Å². The predicted molar refractivity (Wildman–Crippen MR) is 270 cm³/mol. The second-order valence-corrected chi connectivity index (χ2v) is 17.2. The lowest BCUT2D eigenvalue weighted by Crippen LogP contribution is -2.39. The molecule has 0 aliphatic heterocycles. The molecule has 7 N–H and O–H groups in total. The number of nitrogens with zero attached hydrogens (tertiary/aromatic N) is 1. The molecule has 4 amide bonds. The molecule has 6 rings (SSSR count). The summed E-state index contributed by atoms with van der Waals surface area (Å²) in [6, 6.07) is 2.53. The lowest BCUT2D eigenvalue weighted by atomic mass is 9.82. The van der Waals surface area contributed by atoms with Gasteiger partial charge in [-0.1, -0.05) is 18.4 Å². The van der Waals surface area contributed by atoms with Gasteiger partial charge in [0.15, 0.2) is 28.1 Å². The van der Waals surface area contributed by atoms with E-state index in [9.17, 15) is 48.6 Å². The number of benzene rings is 5. The van der Waals surface area contributed by atoms with Gasteiger partial charge in [0.1, 0.15) is 24.6 Å². The number of fused-ring (bicyclic) bond motifs is 1. The smallest absolute Gasteiger partial charge is 0.325 e. The Morgan fingerprint density at radius 3 is 1.60 bits per heavy atom. The zero-order valence-electron chi connectivity index (χ0n) is 41.4. The molecule has 5 aromatic carbocycles. The van der Waals surface area contributed by atoms with Crippen LogP contribution >= 0.6 is 0 Å². The molecule has 384 valence electrons. The normalized spacial score (nSPS) is 12.3. The van der Waals surface area contributed by atoms with Gasteiger partial charge in [0, 0.05) is 81.8 Å². The summed E-state index contributed by atoms with van der Waals surface area (Å²) < 4.78 is 26.7. The van der Waals surface area contributed by atoms with Crippen LogP contribution in [0.2, 0.25) is 0 Å². The van der Waals surface area contributed by atoms with E-state index in [2.05, 4.69) is 36.1 Å². The first-order valence-electron chi connectivity index (χ1n) is 23.4. The summed E-state index contributed by atoms with van der Waals surface area (Å²) in [5, 5.41) is 40.0. The van der Waals surface area contributed by atoms with Crippen molar-refractivity contribution in [2.24, 2.45) is 4.99 Å². The van der Waals surface area contributed by atoms with Crippen molar-refractivity contribution in [2.75, 3.05) is 80.1 Å². The molecule has 0 saturated carbocycles. The average Bonchev–Trinajstić information content (AvgIpc) is 3.49. The number of aliphatic imine (C=N–C) groups is 1. The van der Waals surface area contributed by atoms with Gasteiger partial charge >= 0.3 is 11.9 Å². The zero-order chi connectivity index (χ0) is 52.4. The van der Waals surface area contributed by atoms with Gasteiger partial charge in [0.2, 0.25) is 23.6 Å². The van der Waals surface area contributed by atoms with Gasteiger partial charge in [-0.2, -0.15) is 0 Å². The molecule has 0 atom stereocenters. The molecule has 0 unspecified atom stereocenters. The van der Waals surface area contributed by atoms with E-state index in [1.807, 2.05) is 13.8 Å². The number of aromatic hydroxyl groups is 2. The topological polar surface area (TPSA) is 296 Å². The molecule has 21 heteroatoms. The van der Waals surface area contributed by atoms with Crippen molar-refractivity contribution in [1.82, 2.24) is 21.3 Å². The van der Waals surface area contributed by atoms with Gasteiger partial charge in [0.25, 0.3) is 0 Å². The van der Waals surface area contributed by atoms with E-state index in [4.69, 9.17) is 19.2 Å². The van der Waals surface area contributed by atoms with Crippen LogP contribution in [0.1, 0.15) is 76.3 Å². The molecule has 0 heterocycles. The highest BCUT2D eigenvalue weighted by Gasteiger charge is 2.35. The lowest BCUT2D eigenvalue weighted by molar-refractivity contribution is -0.141. The summed E-state index contributed by atoms with van der Waals surface area (Å²) in [5.74, 6) is -3.37.